The Morgan fingerprint density at radius 1 is 1.23 bits per heavy atom. The zero-order valence-electron chi connectivity index (χ0n) is 13.7. The second-order valence-corrected chi connectivity index (χ2v) is 5.01. The fraction of sp³-hybridized carbons (Fsp3) is 0.500. The molecule has 6 nitrogen and oxygen atoms in total. The van der Waals surface area contributed by atoms with Crippen LogP contribution in [0.3, 0.4) is 0 Å². The minimum absolute atomic E-state index is 0.0728. The predicted octanol–water partition coefficient (Wildman–Crippen LogP) is 1.87. The molecule has 0 aliphatic heterocycles. The summed E-state index contributed by atoms with van der Waals surface area (Å²) in [5.74, 6) is 1.24. The van der Waals surface area contributed by atoms with E-state index in [1.54, 1.807) is 31.0 Å². The molecule has 6 heteroatoms. The Bertz CT molecular complexity index is 541. The fourth-order valence-electron chi connectivity index (χ4n) is 2.10. The summed E-state index contributed by atoms with van der Waals surface area (Å²) in [7, 11) is 6.28. The third kappa shape index (κ3) is 4.29. The maximum atomic E-state index is 12.2. The van der Waals surface area contributed by atoms with Gasteiger partial charge in [-0.25, -0.2) is 0 Å². The third-order valence-electron chi connectivity index (χ3n) is 3.27. The van der Waals surface area contributed by atoms with Gasteiger partial charge in [-0.3, -0.25) is 4.79 Å². The lowest BCUT2D eigenvalue weighted by molar-refractivity contribution is -0.129. The molecule has 1 aromatic rings. The standard InChI is InChI=1S/C16H22N2O4/c1-11(9-17)10-18(2)15(19)8-12-6-13(20-3)16(22-5)14(7-12)21-4/h6-7,11H,8,10H2,1-5H3. The average Bonchev–Trinajstić information content (AvgIpc) is 2.53. The number of ether oxygens (including phenoxy) is 3. The van der Waals surface area contributed by atoms with E-state index in [1.165, 1.54) is 21.3 Å². The Morgan fingerprint density at radius 3 is 2.18 bits per heavy atom. The molecule has 1 rings (SSSR count). The molecule has 0 heterocycles. The highest BCUT2D eigenvalue weighted by atomic mass is 16.5. The minimum Gasteiger partial charge on any atom is -0.493 e. The molecule has 1 atom stereocenters. The lowest BCUT2D eigenvalue weighted by Crippen LogP contribution is -2.31. The van der Waals surface area contributed by atoms with Crippen molar-refractivity contribution in [2.75, 3.05) is 34.9 Å². The highest BCUT2D eigenvalue weighted by Gasteiger charge is 2.17. The number of methoxy groups -OCH3 is 3. The van der Waals surface area contributed by atoms with Crippen LogP contribution >= 0.6 is 0 Å². The van der Waals surface area contributed by atoms with Crippen molar-refractivity contribution < 1.29 is 19.0 Å². The van der Waals surface area contributed by atoms with Gasteiger partial charge in [0.05, 0.1) is 39.7 Å². The molecule has 0 saturated carbocycles. The molecule has 120 valence electrons. The van der Waals surface area contributed by atoms with Crippen molar-refractivity contribution in [1.29, 1.82) is 5.26 Å². The van der Waals surface area contributed by atoms with Crippen molar-refractivity contribution in [2.24, 2.45) is 5.92 Å². The molecule has 0 aliphatic carbocycles. The first kappa shape index (κ1) is 17.6. The average molecular weight is 306 g/mol. The van der Waals surface area contributed by atoms with Gasteiger partial charge in [0.2, 0.25) is 11.7 Å². The summed E-state index contributed by atoms with van der Waals surface area (Å²) in [6, 6.07) is 5.62. The molecule has 1 amide bonds. The molecule has 0 aromatic heterocycles. The number of carbonyl (C=O) groups excluding carboxylic acids is 1. The summed E-state index contributed by atoms with van der Waals surface area (Å²) >= 11 is 0. The lowest BCUT2D eigenvalue weighted by atomic mass is 10.1. The first-order valence-electron chi connectivity index (χ1n) is 6.89. The van der Waals surface area contributed by atoms with Gasteiger partial charge in [0.15, 0.2) is 11.5 Å². The van der Waals surface area contributed by atoms with Crippen LogP contribution in [0, 0.1) is 17.2 Å². The van der Waals surface area contributed by atoms with Crippen LogP contribution in [0.1, 0.15) is 12.5 Å². The van der Waals surface area contributed by atoms with Crippen LogP contribution < -0.4 is 14.2 Å². The first-order chi connectivity index (χ1) is 10.5. The van der Waals surface area contributed by atoms with E-state index >= 15 is 0 Å². The number of nitrogens with zero attached hydrogens (tertiary/aromatic N) is 2. The van der Waals surface area contributed by atoms with Gasteiger partial charge in [0.25, 0.3) is 0 Å². The molecule has 0 N–H and O–H groups in total. The fourth-order valence-corrected chi connectivity index (χ4v) is 2.10. The molecule has 0 fully saturated rings. The summed E-state index contributed by atoms with van der Waals surface area (Å²) < 4.78 is 15.8. The van der Waals surface area contributed by atoms with E-state index in [9.17, 15) is 4.79 Å². The lowest BCUT2D eigenvalue weighted by Gasteiger charge is -2.19. The van der Waals surface area contributed by atoms with Crippen molar-refractivity contribution in [3.63, 3.8) is 0 Å². The molecule has 0 radical (unpaired) electrons. The van der Waals surface area contributed by atoms with Crippen molar-refractivity contribution in [3.8, 4) is 23.3 Å². The Morgan fingerprint density at radius 2 is 1.77 bits per heavy atom. The van der Waals surface area contributed by atoms with Gasteiger partial charge in [-0.15, -0.1) is 0 Å². The number of hydrogen-bond donors (Lipinski definition) is 0. The van der Waals surface area contributed by atoms with E-state index < -0.39 is 0 Å². The number of nitriles is 1. The number of amides is 1. The highest BCUT2D eigenvalue weighted by molar-refractivity contribution is 5.79. The Kier molecular flexibility index (Phi) is 6.51. The maximum Gasteiger partial charge on any atom is 0.226 e. The minimum atomic E-state index is -0.200. The van der Waals surface area contributed by atoms with Gasteiger partial charge in [-0.1, -0.05) is 0 Å². The largest absolute Gasteiger partial charge is 0.493 e. The van der Waals surface area contributed by atoms with Crippen molar-refractivity contribution in [1.82, 2.24) is 4.90 Å². The molecular weight excluding hydrogens is 284 g/mol. The molecule has 0 aliphatic rings. The van der Waals surface area contributed by atoms with Crippen molar-refractivity contribution in [3.05, 3.63) is 17.7 Å². The molecule has 0 saturated heterocycles. The van der Waals surface area contributed by atoms with Crippen LogP contribution in [0.25, 0.3) is 0 Å². The van der Waals surface area contributed by atoms with Crippen molar-refractivity contribution in [2.45, 2.75) is 13.3 Å². The number of rotatable bonds is 7. The number of hydrogen-bond acceptors (Lipinski definition) is 5. The summed E-state index contributed by atoms with van der Waals surface area (Å²) in [4.78, 5) is 13.8. The second-order valence-electron chi connectivity index (χ2n) is 5.01. The summed E-state index contributed by atoms with van der Waals surface area (Å²) in [5, 5.41) is 8.81. The Labute approximate surface area is 131 Å². The van der Waals surface area contributed by atoms with E-state index in [0.29, 0.717) is 23.8 Å². The molecule has 1 unspecified atom stereocenters. The highest BCUT2D eigenvalue weighted by Crippen LogP contribution is 2.38. The number of carbonyl (C=O) groups is 1. The maximum absolute atomic E-state index is 12.2. The topological polar surface area (TPSA) is 71.8 Å². The summed E-state index contributed by atoms with van der Waals surface area (Å²) in [6.07, 6.45) is 0.200. The molecule has 1 aromatic carbocycles. The zero-order valence-corrected chi connectivity index (χ0v) is 13.7. The predicted molar refractivity (Wildman–Crippen MR) is 82.2 cm³/mol. The van der Waals surface area contributed by atoms with Gasteiger partial charge in [-0.2, -0.15) is 5.26 Å². The molecule has 0 bridgehead atoms. The van der Waals surface area contributed by atoms with E-state index in [4.69, 9.17) is 19.5 Å². The summed E-state index contributed by atoms with van der Waals surface area (Å²) in [5.41, 5.74) is 0.760. The SMILES string of the molecule is COc1cc(CC(=O)N(C)CC(C)C#N)cc(OC)c1OC. The smallest absolute Gasteiger partial charge is 0.226 e. The quantitative estimate of drug-likeness (QED) is 0.769. The monoisotopic (exact) mass is 306 g/mol. The Balaban J connectivity index is 2.94. The van der Waals surface area contributed by atoms with Gasteiger partial charge < -0.3 is 19.1 Å². The molecule has 22 heavy (non-hydrogen) atoms. The van der Waals surface area contributed by atoms with Crippen LogP contribution in [-0.4, -0.2) is 45.7 Å². The van der Waals surface area contributed by atoms with E-state index in [2.05, 4.69) is 6.07 Å². The van der Waals surface area contributed by atoms with Crippen LogP contribution in [-0.2, 0) is 11.2 Å². The summed E-state index contributed by atoms with van der Waals surface area (Å²) in [6.45, 7) is 2.18. The third-order valence-corrected chi connectivity index (χ3v) is 3.27. The normalized spacial score (nSPS) is 11.3. The first-order valence-corrected chi connectivity index (χ1v) is 6.89. The number of benzene rings is 1. The van der Waals surface area contributed by atoms with Crippen LogP contribution in [0.4, 0.5) is 0 Å². The van der Waals surface area contributed by atoms with Gasteiger partial charge in [0, 0.05) is 13.6 Å². The Hall–Kier alpha value is -2.42. The van der Waals surface area contributed by atoms with Gasteiger partial charge in [0.1, 0.15) is 0 Å². The van der Waals surface area contributed by atoms with Gasteiger partial charge >= 0.3 is 0 Å². The van der Waals surface area contributed by atoms with E-state index in [1.807, 2.05) is 0 Å². The van der Waals surface area contributed by atoms with Gasteiger partial charge in [-0.05, 0) is 24.6 Å². The van der Waals surface area contributed by atoms with Crippen LogP contribution in [0.5, 0.6) is 17.2 Å². The van der Waals surface area contributed by atoms with E-state index in [-0.39, 0.29) is 18.2 Å². The van der Waals surface area contributed by atoms with Crippen molar-refractivity contribution >= 4 is 5.91 Å². The number of likely N-dealkylation sites (N-methyl/N-ethyl adjacent to an activating group) is 1. The molecule has 0 spiro atoms. The van der Waals surface area contributed by atoms with Crippen LogP contribution in [0.15, 0.2) is 12.1 Å². The second kappa shape index (κ2) is 8.13. The van der Waals surface area contributed by atoms with E-state index in [0.717, 1.165) is 5.56 Å². The molecular formula is C16H22N2O4. The van der Waals surface area contributed by atoms with Crippen LogP contribution in [0.2, 0.25) is 0 Å². The zero-order chi connectivity index (χ0) is 16.7.